The van der Waals surface area contributed by atoms with Crippen LogP contribution < -0.4 is 4.90 Å². The fourth-order valence-electron chi connectivity index (χ4n) is 7.87. The first-order valence-electron chi connectivity index (χ1n) is 18.5. The highest BCUT2D eigenvalue weighted by Gasteiger charge is 2.15. The Bertz CT molecular complexity index is 2890. The second-order valence-electron chi connectivity index (χ2n) is 13.8. The zero-order valence-corrected chi connectivity index (χ0v) is 29.7. The van der Waals surface area contributed by atoms with Gasteiger partial charge in [-0.1, -0.05) is 140 Å². The van der Waals surface area contributed by atoms with Gasteiger partial charge in [-0.3, -0.25) is 0 Å². The quantitative estimate of drug-likeness (QED) is 0.162. The maximum absolute atomic E-state index is 2.36. The van der Waals surface area contributed by atoms with Gasteiger partial charge in [0.2, 0.25) is 0 Å². The number of aromatic nitrogens is 1. The van der Waals surface area contributed by atoms with Gasteiger partial charge in [0, 0.05) is 33.5 Å². The van der Waals surface area contributed by atoms with Crippen LogP contribution in [0.1, 0.15) is 0 Å². The van der Waals surface area contributed by atoms with Gasteiger partial charge in [-0.25, -0.2) is 0 Å². The summed E-state index contributed by atoms with van der Waals surface area (Å²) in [5.41, 5.74) is 14.2. The highest BCUT2D eigenvalue weighted by Crippen LogP contribution is 2.39. The highest BCUT2D eigenvalue weighted by atomic mass is 15.1. The first kappa shape index (κ1) is 31.6. The molecular formula is C52H36N2. The van der Waals surface area contributed by atoms with Crippen LogP contribution in [0.15, 0.2) is 218 Å². The molecule has 0 saturated carbocycles. The molecule has 0 N–H and O–H groups in total. The van der Waals surface area contributed by atoms with Crippen LogP contribution in [-0.4, -0.2) is 4.57 Å². The summed E-state index contributed by atoms with van der Waals surface area (Å²) >= 11 is 0. The van der Waals surface area contributed by atoms with Crippen molar-refractivity contribution in [2.75, 3.05) is 4.90 Å². The van der Waals surface area contributed by atoms with E-state index in [1.54, 1.807) is 0 Å². The van der Waals surface area contributed by atoms with E-state index in [0.29, 0.717) is 0 Å². The molecule has 0 radical (unpaired) electrons. The molecule has 1 heterocycles. The number of para-hydroxylation sites is 3. The van der Waals surface area contributed by atoms with Crippen molar-refractivity contribution in [2.24, 2.45) is 0 Å². The summed E-state index contributed by atoms with van der Waals surface area (Å²) in [5.74, 6) is 0. The van der Waals surface area contributed by atoms with Gasteiger partial charge in [0.1, 0.15) is 0 Å². The molecule has 0 aliphatic heterocycles. The molecule has 0 amide bonds. The van der Waals surface area contributed by atoms with E-state index in [1.165, 1.54) is 71.6 Å². The Balaban J connectivity index is 0.983. The molecule has 2 heteroatoms. The Morgan fingerprint density at radius 1 is 0.278 bits per heavy atom. The number of rotatable bonds is 7. The summed E-state index contributed by atoms with van der Waals surface area (Å²) in [7, 11) is 0. The summed E-state index contributed by atoms with van der Waals surface area (Å²) in [6, 6.07) is 78.8. The molecule has 0 fully saturated rings. The van der Waals surface area contributed by atoms with Gasteiger partial charge in [0.05, 0.1) is 11.0 Å². The lowest BCUT2D eigenvalue weighted by Gasteiger charge is -2.26. The molecule has 254 valence electrons. The largest absolute Gasteiger partial charge is 0.311 e. The van der Waals surface area contributed by atoms with E-state index < -0.39 is 0 Å². The molecule has 10 rings (SSSR count). The number of anilines is 3. The van der Waals surface area contributed by atoms with E-state index in [4.69, 9.17) is 0 Å². The fraction of sp³-hybridized carbons (Fsp3) is 0. The van der Waals surface area contributed by atoms with Crippen molar-refractivity contribution < 1.29 is 0 Å². The Morgan fingerprint density at radius 3 is 1.35 bits per heavy atom. The summed E-state index contributed by atoms with van der Waals surface area (Å²) in [4.78, 5) is 2.33. The minimum Gasteiger partial charge on any atom is -0.311 e. The fourth-order valence-corrected chi connectivity index (χ4v) is 7.87. The van der Waals surface area contributed by atoms with Crippen LogP contribution in [0.3, 0.4) is 0 Å². The predicted molar refractivity (Wildman–Crippen MR) is 229 cm³/mol. The Hall–Kier alpha value is -7.16. The Labute approximate surface area is 315 Å². The molecule has 0 aliphatic rings. The van der Waals surface area contributed by atoms with Crippen molar-refractivity contribution in [2.45, 2.75) is 0 Å². The smallest absolute Gasteiger partial charge is 0.0541 e. The number of hydrogen-bond acceptors (Lipinski definition) is 1. The Morgan fingerprint density at radius 2 is 0.722 bits per heavy atom. The van der Waals surface area contributed by atoms with Crippen LogP contribution >= 0.6 is 0 Å². The molecular weight excluding hydrogens is 653 g/mol. The molecule has 1 aromatic heterocycles. The molecule has 2 nitrogen and oxygen atoms in total. The summed E-state index contributed by atoms with van der Waals surface area (Å²) < 4.78 is 2.36. The normalized spacial score (nSPS) is 11.3. The van der Waals surface area contributed by atoms with Crippen LogP contribution in [0, 0.1) is 0 Å². The van der Waals surface area contributed by atoms with E-state index in [0.717, 1.165) is 17.1 Å². The van der Waals surface area contributed by atoms with Gasteiger partial charge < -0.3 is 9.47 Å². The number of hydrogen-bond donors (Lipinski definition) is 0. The van der Waals surface area contributed by atoms with E-state index in [1.807, 2.05) is 0 Å². The van der Waals surface area contributed by atoms with Crippen LogP contribution in [0.2, 0.25) is 0 Å². The highest BCUT2D eigenvalue weighted by molar-refractivity contribution is 6.10. The van der Waals surface area contributed by atoms with Crippen molar-refractivity contribution >= 4 is 49.6 Å². The minimum absolute atomic E-state index is 1.11. The molecule has 10 aromatic rings. The summed E-state index contributed by atoms with van der Waals surface area (Å²) in [6.45, 7) is 0. The van der Waals surface area contributed by atoms with Crippen LogP contribution in [0.25, 0.3) is 71.6 Å². The van der Waals surface area contributed by atoms with E-state index in [9.17, 15) is 0 Å². The lowest BCUT2D eigenvalue weighted by Crippen LogP contribution is -2.09. The molecule has 0 atom stereocenters. The van der Waals surface area contributed by atoms with Crippen LogP contribution in [0.5, 0.6) is 0 Å². The van der Waals surface area contributed by atoms with Gasteiger partial charge in [0.15, 0.2) is 0 Å². The van der Waals surface area contributed by atoms with Gasteiger partial charge >= 0.3 is 0 Å². The lowest BCUT2D eigenvalue weighted by atomic mass is 9.97. The van der Waals surface area contributed by atoms with Gasteiger partial charge in [-0.2, -0.15) is 0 Å². The molecule has 54 heavy (non-hydrogen) atoms. The first-order chi connectivity index (χ1) is 26.8. The van der Waals surface area contributed by atoms with Crippen molar-refractivity contribution in [3.63, 3.8) is 0 Å². The van der Waals surface area contributed by atoms with Crippen LogP contribution in [-0.2, 0) is 0 Å². The third-order valence-corrected chi connectivity index (χ3v) is 10.6. The van der Waals surface area contributed by atoms with Gasteiger partial charge in [-0.05, 0) is 123 Å². The van der Waals surface area contributed by atoms with E-state index in [2.05, 4.69) is 228 Å². The first-order valence-corrected chi connectivity index (χ1v) is 18.5. The number of fused-ring (bicyclic) bond motifs is 4. The standard InChI is InChI=1S/C52H36N2/c1-4-12-37(13-5-1)41-22-20-40-21-23-42(35-44(40)34-41)38-24-29-47(30-25-38)53(45-14-6-2-7-15-45)48-31-26-39(27-32-48)43-28-33-52-50(36-43)49-18-10-11-19-51(49)54(52)46-16-8-3-9-17-46/h1-36H. The van der Waals surface area contributed by atoms with Crippen molar-refractivity contribution in [3.8, 4) is 39.1 Å². The molecule has 9 aromatic carbocycles. The monoisotopic (exact) mass is 688 g/mol. The molecule has 0 spiro atoms. The average Bonchev–Trinajstić information content (AvgIpc) is 3.59. The molecule has 0 saturated heterocycles. The summed E-state index contributed by atoms with van der Waals surface area (Å²) in [6.07, 6.45) is 0. The van der Waals surface area contributed by atoms with E-state index in [-0.39, 0.29) is 0 Å². The van der Waals surface area contributed by atoms with E-state index >= 15 is 0 Å². The predicted octanol–water partition coefficient (Wildman–Crippen LogP) is 14.4. The molecule has 0 aliphatic carbocycles. The van der Waals surface area contributed by atoms with Crippen molar-refractivity contribution in [1.29, 1.82) is 0 Å². The number of nitrogens with zero attached hydrogens (tertiary/aromatic N) is 2. The third-order valence-electron chi connectivity index (χ3n) is 10.6. The SMILES string of the molecule is c1ccc(-c2ccc3ccc(-c4ccc(N(c5ccccc5)c5ccc(-c6ccc7c(c6)c6ccccc6n7-c6ccccc6)cc5)cc4)cc3c2)cc1. The minimum atomic E-state index is 1.11. The molecule has 0 bridgehead atoms. The second kappa shape index (κ2) is 13.4. The van der Waals surface area contributed by atoms with Crippen molar-refractivity contribution in [3.05, 3.63) is 218 Å². The number of benzene rings is 9. The topological polar surface area (TPSA) is 8.17 Å². The third kappa shape index (κ3) is 5.71. The zero-order valence-electron chi connectivity index (χ0n) is 29.7. The van der Waals surface area contributed by atoms with Gasteiger partial charge in [0.25, 0.3) is 0 Å². The second-order valence-corrected chi connectivity index (χ2v) is 13.8. The van der Waals surface area contributed by atoms with Crippen molar-refractivity contribution in [1.82, 2.24) is 4.57 Å². The van der Waals surface area contributed by atoms with Gasteiger partial charge in [-0.15, -0.1) is 0 Å². The lowest BCUT2D eigenvalue weighted by molar-refractivity contribution is 1.18. The average molecular weight is 689 g/mol. The summed E-state index contributed by atoms with van der Waals surface area (Å²) in [5, 5.41) is 5.00. The maximum atomic E-state index is 2.36. The molecule has 0 unspecified atom stereocenters. The Kier molecular flexibility index (Phi) is 7.85. The maximum Gasteiger partial charge on any atom is 0.0541 e. The van der Waals surface area contributed by atoms with Crippen LogP contribution in [0.4, 0.5) is 17.1 Å². The zero-order chi connectivity index (χ0) is 35.8.